The van der Waals surface area contributed by atoms with E-state index in [9.17, 15) is 4.79 Å². The minimum atomic E-state index is 0. The van der Waals surface area contributed by atoms with Crippen LogP contribution in [0.5, 0.6) is 0 Å². The second-order valence-electron chi connectivity index (χ2n) is 3.93. The molecule has 0 saturated heterocycles. The van der Waals surface area contributed by atoms with E-state index >= 15 is 0 Å². The molecule has 1 aliphatic heterocycles. The minimum absolute atomic E-state index is 0. The Morgan fingerprint density at radius 1 is 1.71 bits per heavy atom. The average Bonchev–Trinajstić information content (AvgIpc) is 2.60. The molecule has 0 aromatic carbocycles. The van der Waals surface area contributed by atoms with Gasteiger partial charge in [0.15, 0.2) is 5.78 Å². The molecule has 14 heavy (non-hydrogen) atoms. The van der Waals surface area contributed by atoms with Gasteiger partial charge in [0.05, 0.1) is 12.0 Å². The van der Waals surface area contributed by atoms with Crippen LogP contribution in [0.2, 0.25) is 0 Å². The highest BCUT2D eigenvalue weighted by atomic mass is 16.1. The van der Waals surface area contributed by atoms with Crippen molar-refractivity contribution >= 4 is 5.78 Å². The molecule has 78 valence electrons. The lowest BCUT2D eigenvalue weighted by Crippen LogP contribution is -2.29. The van der Waals surface area contributed by atoms with Gasteiger partial charge in [0, 0.05) is 27.0 Å². The lowest BCUT2D eigenvalue weighted by atomic mass is 10.0. The van der Waals surface area contributed by atoms with E-state index in [1.54, 1.807) is 6.33 Å². The van der Waals surface area contributed by atoms with E-state index in [1.807, 2.05) is 13.8 Å². The van der Waals surface area contributed by atoms with Gasteiger partial charge in [-0.25, -0.2) is 4.98 Å². The first-order valence-corrected chi connectivity index (χ1v) is 4.99. The normalized spacial score (nSPS) is 15.6. The number of carbonyl (C=O) groups excluding carboxylic acids is 1. The van der Waals surface area contributed by atoms with Gasteiger partial charge in [0.1, 0.15) is 5.69 Å². The van der Waals surface area contributed by atoms with E-state index in [1.165, 1.54) is 0 Å². The van der Waals surface area contributed by atoms with Gasteiger partial charge >= 0.3 is 0 Å². The molecule has 2 heterocycles. The van der Waals surface area contributed by atoms with Crippen molar-refractivity contribution in [3.8, 4) is 0 Å². The van der Waals surface area contributed by atoms with E-state index < -0.39 is 0 Å². The van der Waals surface area contributed by atoms with Gasteiger partial charge in [-0.1, -0.05) is 13.8 Å². The summed E-state index contributed by atoms with van der Waals surface area (Å²) in [5.41, 5.74) is 1.68. The quantitative estimate of drug-likeness (QED) is 0.718. The molecule has 1 aromatic rings. The first-order valence-electron chi connectivity index (χ1n) is 4.99. The molecule has 0 atom stereocenters. The third kappa shape index (κ3) is 1.46. The molecule has 0 unspecified atom stereocenters. The maximum absolute atomic E-state index is 11.8. The number of aromatic nitrogens is 2. The summed E-state index contributed by atoms with van der Waals surface area (Å²) in [7, 11) is 0. The highest BCUT2D eigenvalue weighted by molar-refractivity contribution is 5.96. The molecule has 0 amide bonds. The predicted molar refractivity (Wildman–Crippen MR) is 55.2 cm³/mol. The Morgan fingerprint density at radius 2 is 2.50 bits per heavy atom. The Labute approximate surface area is 84.8 Å². The number of Topliss-reactive ketones (excluding diaryl/α,β-unsaturated/α-hetero) is 1. The Morgan fingerprint density at radius 3 is 3.21 bits per heavy atom. The van der Waals surface area contributed by atoms with Crippen molar-refractivity contribution in [1.29, 1.82) is 0 Å². The second-order valence-corrected chi connectivity index (χ2v) is 3.93. The molecule has 1 N–H and O–H groups in total. The van der Waals surface area contributed by atoms with Gasteiger partial charge in [0.2, 0.25) is 0 Å². The molecule has 0 bridgehead atoms. The summed E-state index contributed by atoms with van der Waals surface area (Å²) in [6.45, 7) is 6.44. The number of imidazole rings is 1. The lowest BCUT2D eigenvalue weighted by Gasteiger charge is -2.16. The van der Waals surface area contributed by atoms with Crippen molar-refractivity contribution < 1.29 is 6.22 Å². The lowest BCUT2D eigenvalue weighted by molar-refractivity contribution is 0.0933. The number of rotatable bonds is 2. The molecular formula is C10H17N3O. The van der Waals surface area contributed by atoms with Crippen LogP contribution < -0.4 is 5.32 Å². The highest BCUT2D eigenvalue weighted by Gasteiger charge is 2.21. The minimum Gasteiger partial charge on any atom is -0.332 e. The molecular weight excluding hydrogens is 178 g/mol. The van der Waals surface area contributed by atoms with Gasteiger partial charge in [0.25, 0.3) is 0 Å². The van der Waals surface area contributed by atoms with Crippen molar-refractivity contribution in [2.75, 3.05) is 6.54 Å². The number of carbonyl (C=O) groups is 1. The molecule has 2 rings (SSSR count). The van der Waals surface area contributed by atoms with Crippen LogP contribution >= 0.6 is 0 Å². The zero-order chi connectivity index (χ0) is 10.1. The third-order valence-corrected chi connectivity index (χ3v) is 2.53. The second kappa shape index (κ2) is 3.53. The molecule has 0 aliphatic carbocycles. The van der Waals surface area contributed by atoms with E-state index in [0.717, 1.165) is 25.3 Å². The van der Waals surface area contributed by atoms with Gasteiger partial charge in [-0.05, 0) is 0 Å². The molecule has 0 fully saturated rings. The number of fused-ring (bicyclic) bond motifs is 1. The largest absolute Gasteiger partial charge is 0.332 e. The van der Waals surface area contributed by atoms with Crippen LogP contribution in [0.25, 0.3) is 0 Å². The van der Waals surface area contributed by atoms with E-state index in [2.05, 4.69) is 14.9 Å². The Kier molecular flexibility index (Phi) is 2.37. The van der Waals surface area contributed by atoms with Crippen LogP contribution in [0.15, 0.2) is 6.33 Å². The molecule has 4 nitrogen and oxygen atoms in total. The summed E-state index contributed by atoms with van der Waals surface area (Å²) in [6, 6.07) is 0. The highest BCUT2D eigenvalue weighted by Crippen LogP contribution is 2.14. The van der Waals surface area contributed by atoms with E-state index in [0.29, 0.717) is 5.69 Å². The molecule has 4 heteroatoms. The van der Waals surface area contributed by atoms with Crippen LogP contribution in [0.4, 0.5) is 0 Å². The van der Waals surface area contributed by atoms with Gasteiger partial charge in [-0.3, -0.25) is 4.79 Å². The first kappa shape index (κ1) is 9.40. The molecule has 0 radical (unpaired) electrons. The van der Waals surface area contributed by atoms with Crippen LogP contribution in [0.3, 0.4) is 0 Å². The standard InChI is InChI=1S/C10H15N3O.H2/c1-7(2)10(14)9-8-5-11-3-4-13(8)6-12-9;/h6-7,11H,3-5H2,1-2H3;1H. The van der Waals surface area contributed by atoms with Crippen LogP contribution in [0.1, 0.15) is 31.5 Å². The smallest absolute Gasteiger partial charge is 0.185 e. The topological polar surface area (TPSA) is 46.9 Å². The van der Waals surface area contributed by atoms with Crippen LogP contribution in [-0.4, -0.2) is 21.9 Å². The summed E-state index contributed by atoms with van der Waals surface area (Å²) in [5, 5.41) is 3.25. The monoisotopic (exact) mass is 195 g/mol. The molecule has 1 aliphatic rings. The molecule has 0 saturated carbocycles. The van der Waals surface area contributed by atoms with Gasteiger partial charge in [-0.2, -0.15) is 0 Å². The summed E-state index contributed by atoms with van der Waals surface area (Å²) in [5.74, 6) is 0.166. The Hall–Kier alpha value is -1.16. The van der Waals surface area contributed by atoms with Crippen molar-refractivity contribution in [1.82, 2.24) is 14.9 Å². The Bertz CT molecular complexity index is 360. The van der Waals surface area contributed by atoms with Gasteiger partial charge < -0.3 is 9.88 Å². The summed E-state index contributed by atoms with van der Waals surface area (Å²) in [4.78, 5) is 16.0. The SMILES string of the molecule is CC(C)C(=O)c1ncn2c1CNCC2.[HH]. The van der Waals surface area contributed by atoms with Crippen molar-refractivity contribution in [3.63, 3.8) is 0 Å². The van der Waals surface area contributed by atoms with Crippen molar-refractivity contribution in [2.45, 2.75) is 26.9 Å². The summed E-state index contributed by atoms with van der Waals surface area (Å²) >= 11 is 0. The fraction of sp³-hybridized carbons (Fsp3) is 0.600. The zero-order valence-electron chi connectivity index (χ0n) is 8.58. The number of nitrogens with one attached hydrogen (secondary N) is 1. The molecule has 1 aromatic heterocycles. The summed E-state index contributed by atoms with van der Waals surface area (Å²) in [6.07, 6.45) is 1.77. The number of hydrogen-bond donors (Lipinski definition) is 1. The number of nitrogens with zero attached hydrogens (tertiary/aromatic N) is 2. The fourth-order valence-corrected chi connectivity index (χ4v) is 1.67. The number of hydrogen-bond acceptors (Lipinski definition) is 3. The maximum atomic E-state index is 11.8. The number of ketones is 1. The predicted octanol–water partition coefficient (Wildman–Crippen LogP) is 1.07. The van der Waals surface area contributed by atoms with E-state index in [4.69, 9.17) is 0 Å². The fourth-order valence-electron chi connectivity index (χ4n) is 1.67. The third-order valence-electron chi connectivity index (χ3n) is 2.53. The van der Waals surface area contributed by atoms with Crippen LogP contribution in [-0.2, 0) is 13.1 Å². The molecule has 0 spiro atoms. The first-order chi connectivity index (χ1) is 6.70. The van der Waals surface area contributed by atoms with Crippen molar-refractivity contribution in [3.05, 3.63) is 17.7 Å². The van der Waals surface area contributed by atoms with Crippen molar-refractivity contribution in [2.24, 2.45) is 5.92 Å². The van der Waals surface area contributed by atoms with Gasteiger partial charge in [-0.15, -0.1) is 0 Å². The Balaban J connectivity index is 0.00000112. The average molecular weight is 195 g/mol. The zero-order valence-corrected chi connectivity index (χ0v) is 8.58. The van der Waals surface area contributed by atoms with E-state index in [-0.39, 0.29) is 13.1 Å². The maximum Gasteiger partial charge on any atom is 0.185 e. The summed E-state index contributed by atoms with van der Waals surface area (Å²) < 4.78 is 2.06. The van der Waals surface area contributed by atoms with Crippen LogP contribution in [0, 0.1) is 5.92 Å².